The van der Waals surface area contributed by atoms with E-state index in [-0.39, 0.29) is 11.9 Å². The van der Waals surface area contributed by atoms with Crippen molar-refractivity contribution in [1.82, 2.24) is 29.5 Å². The fourth-order valence-corrected chi connectivity index (χ4v) is 5.27. The lowest BCUT2D eigenvalue weighted by Crippen LogP contribution is -2.29. The summed E-state index contributed by atoms with van der Waals surface area (Å²) in [6.45, 7) is 5.26. The molecule has 2 aromatic heterocycles. The van der Waals surface area contributed by atoms with Crippen molar-refractivity contribution in [3.05, 3.63) is 73.1 Å². The minimum atomic E-state index is 0.00666. The molecule has 1 amide bonds. The van der Waals surface area contributed by atoms with Gasteiger partial charge in [-0.3, -0.25) is 9.69 Å². The molecular formula is C30H33N7O2. The molecule has 39 heavy (non-hydrogen) atoms. The number of carbonyl (C=O) groups is 1. The van der Waals surface area contributed by atoms with Gasteiger partial charge < -0.3 is 15.4 Å². The fraction of sp³-hybridized carbons (Fsp3) is 0.333. The maximum absolute atomic E-state index is 12.9. The van der Waals surface area contributed by atoms with Crippen LogP contribution in [0.3, 0.4) is 0 Å². The maximum atomic E-state index is 12.9. The summed E-state index contributed by atoms with van der Waals surface area (Å²) >= 11 is 0. The Balaban J connectivity index is 1.20. The highest BCUT2D eigenvalue weighted by Gasteiger charge is 2.30. The van der Waals surface area contributed by atoms with Gasteiger partial charge in [-0.2, -0.15) is 5.10 Å². The minimum Gasteiger partial charge on any atom is -0.457 e. The van der Waals surface area contributed by atoms with Gasteiger partial charge in [0.2, 0.25) is 5.91 Å². The molecule has 1 saturated heterocycles. The van der Waals surface area contributed by atoms with Gasteiger partial charge in [0.05, 0.1) is 11.4 Å². The van der Waals surface area contributed by atoms with Crippen LogP contribution in [0.15, 0.2) is 73.1 Å². The Bertz CT molecular complexity index is 1480. The van der Waals surface area contributed by atoms with E-state index in [1.807, 2.05) is 70.3 Å². The van der Waals surface area contributed by atoms with Crippen molar-refractivity contribution in [3.63, 3.8) is 0 Å². The molecule has 3 heterocycles. The van der Waals surface area contributed by atoms with Crippen molar-refractivity contribution in [3.8, 4) is 22.8 Å². The van der Waals surface area contributed by atoms with E-state index in [0.717, 1.165) is 47.7 Å². The molecule has 6 rings (SSSR count). The van der Waals surface area contributed by atoms with Gasteiger partial charge in [0, 0.05) is 37.3 Å². The monoisotopic (exact) mass is 523 g/mol. The van der Waals surface area contributed by atoms with Gasteiger partial charge in [-0.25, -0.2) is 14.6 Å². The third-order valence-electron chi connectivity index (χ3n) is 7.52. The van der Waals surface area contributed by atoms with Gasteiger partial charge in [0.1, 0.15) is 29.3 Å². The molecule has 9 nitrogen and oxygen atoms in total. The molecule has 2 N–H and O–H groups in total. The topological polar surface area (TPSA) is 102 Å². The Hall–Kier alpha value is -4.24. The summed E-state index contributed by atoms with van der Waals surface area (Å²) in [6, 6.07) is 18.1. The number of aromatic nitrogens is 4. The summed E-state index contributed by atoms with van der Waals surface area (Å²) in [4.78, 5) is 26.0. The molecule has 2 aliphatic rings. The predicted octanol–water partition coefficient (Wildman–Crippen LogP) is 4.68. The number of rotatable bonds is 9. The number of fused-ring (bicyclic) bond motifs is 1. The second kappa shape index (κ2) is 10.9. The van der Waals surface area contributed by atoms with Gasteiger partial charge in [-0.1, -0.05) is 31.2 Å². The number of anilines is 1. The van der Waals surface area contributed by atoms with Gasteiger partial charge in [-0.15, -0.1) is 0 Å². The van der Waals surface area contributed by atoms with E-state index in [1.54, 1.807) is 6.08 Å². The lowest BCUT2D eigenvalue weighted by atomic mass is 10.1. The van der Waals surface area contributed by atoms with E-state index >= 15 is 0 Å². The number of hydrogen-bond donors (Lipinski definition) is 1. The van der Waals surface area contributed by atoms with Crippen molar-refractivity contribution in [2.45, 2.75) is 38.3 Å². The average Bonchev–Trinajstić information content (AvgIpc) is 3.54. The number of amides is 1. The van der Waals surface area contributed by atoms with Gasteiger partial charge in [0.25, 0.3) is 0 Å². The van der Waals surface area contributed by atoms with Crippen LogP contribution >= 0.6 is 0 Å². The number of ether oxygens (including phenoxy) is 1. The Labute approximate surface area is 227 Å². The van der Waals surface area contributed by atoms with Crippen molar-refractivity contribution in [1.29, 1.82) is 0 Å². The number of hydrogen-bond acceptors (Lipinski definition) is 7. The van der Waals surface area contributed by atoms with E-state index in [2.05, 4.69) is 21.8 Å². The molecule has 4 aromatic rings. The highest BCUT2D eigenvalue weighted by atomic mass is 16.5. The van der Waals surface area contributed by atoms with Crippen LogP contribution in [-0.4, -0.2) is 67.7 Å². The Morgan fingerprint density at radius 3 is 2.59 bits per heavy atom. The molecule has 9 heteroatoms. The van der Waals surface area contributed by atoms with Crippen molar-refractivity contribution < 1.29 is 9.53 Å². The largest absolute Gasteiger partial charge is 0.457 e. The summed E-state index contributed by atoms with van der Waals surface area (Å²) in [5, 5.41) is 5.68. The van der Waals surface area contributed by atoms with Crippen molar-refractivity contribution in [2.75, 3.05) is 31.9 Å². The van der Waals surface area contributed by atoms with Crippen LogP contribution in [0.5, 0.6) is 11.5 Å². The zero-order valence-electron chi connectivity index (χ0n) is 22.1. The van der Waals surface area contributed by atoms with Crippen LogP contribution in [0.2, 0.25) is 0 Å². The number of para-hydroxylation sites is 1. The molecule has 0 spiro atoms. The Kier molecular flexibility index (Phi) is 6.98. The first-order valence-corrected chi connectivity index (χ1v) is 13.6. The third kappa shape index (κ3) is 5.35. The SMILES string of the molecule is CCN(C/C=C/C(=O)N1CC[C@@H](n2nc(-c3ccc(Oc4ccccc4)cc3)c3c(N)ncnc32)C1)C1CC1. The number of carbonyl (C=O) groups excluding carboxylic acids is 1. The fourth-order valence-electron chi connectivity index (χ4n) is 5.27. The third-order valence-corrected chi connectivity index (χ3v) is 7.52. The van der Waals surface area contributed by atoms with E-state index in [9.17, 15) is 4.79 Å². The molecule has 0 unspecified atom stereocenters. The molecule has 2 fully saturated rings. The summed E-state index contributed by atoms with van der Waals surface area (Å²) in [5.74, 6) is 1.94. The smallest absolute Gasteiger partial charge is 0.246 e. The highest BCUT2D eigenvalue weighted by Crippen LogP contribution is 2.35. The quantitative estimate of drug-likeness (QED) is 0.318. The van der Waals surface area contributed by atoms with Gasteiger partial charge in [0.15, 0.2) is 5.65 Å². The standard InChI is InChI=1S/C30H33N7O2/c1-2-35(22-12-13-22)17-6-9-26(38)36-18-16-23(19-36)37-30-27(29(31)32-20-33-30)28(34-37)21-10-14-25(15-11-21)39-24-7-4-3-5-8-24/h3-11,14-15,20,22-23H,2,12-13,16-19H2,1H3,(H2,31,32,33)/b9-6+/t23-/m1/s1. The van der Waals surface area contributed by atoms with Crippen LogP contribution in [0.4, 0.5) is 5.82 Å². The number of likely N-dealkylation sites (N-methyl/N-ethyl adjacent to an activating group) is 1. The van der Waals surface area contributed by atoms with E-state index < -0.39 is 0 Å². The molecule has 2 aromatic carbocycles. The number of nitrogen functional groups attached to an aromatic ring is 1. The van der Waals surface area contributed by atoms with Crippen LogP contribution in [0, 0.1) is 0 Å². The number of nitrogens with zero attached hydrogens (tertiary/aromatic N) is 6. The zero-order chi connectivity index (χ0) is 26.8. The highest BCUT2D eigenvalue weighted by molar-refractivity contribution is 5.98. The normalized spacial score (nSPS) is 17.5. The predicted molar refractivity (Wildman–Crippen MR) is 151 cm³/mol. The molecule has 0 radical (unpaired) electrons. The Morgan fingerprint density at radius 2 is 1.85 bits per heavy atom. The lowest BCUT2D eigenvalue weighted by Gasteiger charge is -2.18. The van der Waals surface area contributed by atoms with E-state index in [1.165, 1.54) is 19.2 Å². The molecule has 1 saturated carbocycles. The molecule has 1 aliphatic carbocycles. The van der Waals surface area contributed by atoms with Crippen LogP contribution in [0.25, 0.3) is 22.3 Å². The second-order valence-corrected chi connectivity index (χ2v) is 10.1. The summed E-state index contributed by atoms with van der Waals surface area (Å²) in [7, 11) is 0. The first-order chi connectivity index (χ1) is 19.1. The average molecular weight is 524 g/mol. The van der Waals surface area contributed by atoms with Gasteiger partial charge >= 0.3 is 0 Å². The van der Waals surface area contributed by atoms with Crippen LogP contribution < -0.4 is 10.5 Å². The number of nitrogens with two attached hydrogens (primary N) is 1. The molecule has 0 bridgehead atoms. The number of benzene rings is 2. The number of likely N-dealkylation sites (tertiary alicyclic amines) is 1. The Morgan fingerprint density at radius 1 is 1.08 bits per heavy atom. The molecular weight excluding hydrogens is 490 g/mol. The summed E-state index contributed by atoms with van der Waals surface area (Å²) in [6.07, 6.45) is 8.52. The summed E-state index contributed by atoms with van der Waals surface area (Å²) in [5.41, 5.74) is 8.62. The first kappa shape index (κ1) is 25.1. The zero-order valence-corrected chi connectivity index (χ0v) is 22.1. The second-order valence-electron chi connectivity index (χ2n) is 10.1. The first-order valence-electron chi connectivity index (χ1n) is 13.6. The van der Waals surface area contributed by atoms with Crippen LogP contribution in [-0.2, 0) is 4.79 Å². The maximum Gasteiger partial charge on any atom is 0.246 e. The lowest BCUT2D eigenvalue weighted by molar-refractivity contribution is -0.125. The molecule has 200 valence electrons. The van der Waals surface area contributed by atoms with Crippen molar-refractivity contribution in [2.24, 2.45) is 0 Å². The van der Waals surface area contributed by atoms with E-state index in [0.29, 0.717) is 30.6 Å². The minimum absolute atomic E-state index is 0.00666. The molecule has 1 aliphatic heterocycles. The van der Waals surface area contributed by atoms with Gasteiger partial charge in [-0.05, 0) is 62.2 Å². The summed E-state index contributed by atoms with van der Waals surface area (Å²) < 4.78 is 7.86. The van der Waals surface area contributed by atoms with E-state index in [4.69, 9.17) is 15.6 Å². The van der Waals surface area contributed by atoms with Crippen molar-refractivity contribution >= 4 is 22.8 Å². The molecule has 1 atom stereocenters. The van der Waals surface area contributed by atoms with Crippen LogP contribution in [0.1, 0.15) is 32.2 Å².